The number of nitrogens with zero attached hydrogens (tertiary/aromatic N) is 5. The fourth-order valence-electron chi connectivity index (χ4n) is 4.08. The Bertz CT molecular complexity index is 1470. The Hall–Kier alpha value is -4.24. The molecule has 2 aromatic heterocycles. The highest BCUT2D eigenvalue weighted by molar-refractivity contribution is 5.83. The molecule has 0 saturated heterocycles. The van der Waals surface area contributed by atoms with E-state index in [0.29, 0.717) is 17.7 Å². The van der Waals surface area contributed by atoms with Crippen molar-refractivity contribution in [1.29, 1.82) is 5.26 Å². The number of imidazole rings is 1. The number of benzene rings is 3. The third-order valence-electron chi connectivity index (χ3n) is 5.58. The minimum Gasteiger partial charge on any atom is -0.328 e. The van der Waals surface area contributed by atoms with E-state index in [1.807, 2.05) is 30.3 Å². The van der Waals surface area contributed by atoms with E-state index in [1.54, 1.807) is 23.0 Å². The van der Waals surface area contributed by atoms with Crippen molar-refractivity contribution >= 4 is 11.0 Å². The molecule has 0 spiro atoms. The molecule has 6 heteroatoms. The highest BCUT2D eigenvalue weighted by atomic mass is 19.1. The standard InChI is InChI=1S/C26H20FN5/c1-2-31-25-10-9-20(19-6-3-5-18(13-19)17-28)14-24(25)30-26(31)16-23-11-12-29-32(23)22-8-4-7-21(27)15-22/h3-15H,2,16H2,1H3. The fourth-order valence-corrected chi connectivity index (χ4v) is 4.08. The molecule has 0 amide bonds. The number of rotatable bonds is 5. The van der Waals surface area contributed by atoms with E-state index in [2.05, 4.69) is 40.9 Å². The van der Waals surface area contributed by atoms with E-state index in [9.17, 15) is 9.65 Å². The molecule has 3 aromatic carbocycles. The first-order valence-electron chi connectivity index (χ1n) is 10.4. The molecule has 156 valence electrons. The molecule has 0 aliphatic carbocycles. The van der Waals surface area contributed by atoms with E-state index >= 15 is 0 Å². The third-order valence-corrected chi connectivity index (χ3v) is 5.58. The van der Waals surface area contributed by atoms with Crippen LogP contribution in [0.5, 0.6) is 0 Å². The van der Waals surface area contributed by atoms with Gasteiger partial charge in [-0.2, -0.15) is 10.4 Å². The van der Waals surface area contributed by atoms with Crippen molar-refractivity contribution in [2.24, 2.45) is 0 Å². The van der Waals surface area contributed by atoms with Crippen LogP contribution in [-0.4, -0.2) is 19.3 Å². The molecular weight excluding hydrogens is 401 g/mol. The largest absolute Gasteiger partial charge is 0.328 e. The molecule has 0 fully saturated rings. The predicted octanol–water partition coefficient (Wildman–Crippen LogP) is 5.51. The first-order valence-corrected chi connectivity index (χ1v) is 10.4. The van der Waals surface area contributed by atoms with Crippen molar-refractivity contribution in [3.63, 3.8) is 0 Å². The predicted molar refractivity (Wildman–Crippen MR) is 122 cm³/mol. The van der Waals surface area contributed by atoms with Gasteiger partial charge in [0, 0.05) is 19.2 Å². The molecule has 0 aliphatic rings. The third kappa shape index (κ3) is 3.54. The summed E-state index contributed by atoms with van der Waals surface area (Å²) in [6.45, 7) is 2.88. The zero-order valence-electron chi connectivity index (χ0n) is 17.5. The summed E-state index contributed by atoms with van der Waals surface area (Å²) < 4.78 is 17.7. The average Bonchev–Trinajstić information content (AvgIpc) is 3.42. The van der Waals surface area contributed by atoms with Gasteiger partial charge in [-0.1, -0.05) is 24.3 Å². The number of fused-ring (bicyclic) bond motifs is 1. The quantitative estimate of drug-likeness (QED) is 0.376. The van der Waals surface area contributed by atoms with Crippen molar-refractivity contribution in [2.45, 2.75) is 19.9 Å². The maximum atomic E-state index is 13.7. The van der Waals surface area contributed by atoms with Crippen LogP contribution in [0.4, 0.5) is 4.39 Å². The van der Waals surface area contributed by atoms with Crippen LogP contribution in [0.2, 0.25) is 0 Å². The van der Waals surface area contributed by atoms with Crippen LogP contribution in [0.3, 0.4) is 0 Å². The SMILES string of the molecule is CCn1c(Cc2ccnn2-c2cccc(F)c2)nc2cc(-c3cccc(C#N)c3)ccc21. The van der Waals surface area contributed by atoms with Crippen molar-refractivity contribution < 1.29 is 4.39 Å². The molecule has 5 nitrogen and oxygen atoms in total. The number of hydrogen-bond donors (Lipinski definition) is 0. The number of hydrogen-bond acceptors (Lipinski definition) is 3. The van der Waals surface area contributed by atoms with Crippen molar-refractivity contribution in [3.05, 3.63) is 102 Å². The van der Waals surface area contributed by atoms with Crippen LogP contribution < -0.4 is 0 Å². The van der Waals surface area contributed by atoms with Gasteiger partial charge in [0.05, 0.1) is 34.0 Å². The van der Waals surface area contributed by atoms with Crippen LogP contribution >= 0.6 is 0 Å². The highest BCUT2D eigenvalue weighted by Crippen LogP contribution is 2.27. The summed E-state index contributed by atoms with van der Waals surface area (Å²) in [6.07, 6.45) is 2.29. The van der Waals surface area contributed by atoms with Gasteiger partial charge in [0.2, 0.25) is 0 Å². The Morgan fingerprint density at radius 2 is 1.81 bits per heavy atom. The summed E-state index contributed by atoms with van der Waals surface area (Å²) in [5.41, 5.74) is 6.21. The second-order valence-corrected chi connectivity index (χ2v) is 7.56. The number of aryl methyl sites for hydroxylation is 1. The van der Waals surface area contributed by atoms with Gasteiger partial charge >= 0.3 is 0 Å². The minimum absolute atomic E-state index is 0.294. The molecule has 0 radical (unpaired) electrons. The average molecular weight is 421 g/mol. The first kappa shape index (κ1) is 19.7. The summed E-state index contributed by atoms with van der Waals surface area (Å²) in [5.74, 6) is 0.626. The topological polar surface area (TPSA) is 59.4 Å². The first-order chi connectivity index (χ1) is 15.7. The molecule has 0 atom stereocenters. The Kier molecular flexibility index (Phi) is 5.00. The zero-order valence-corrected chi connectivity index (χ0v) is 17.5. The lowest BCUT2D eigenvalue weighted by molar-refractivity contribution is 0.624. The minimum atomic E-state index is -0.294. The van der Waals surface area contributed by atoms with Crippen LogP contribution in [0.15, 0.2) is 79.0 Å². The van der Waals surface area contributed by atoms with Gasteiger partial charge in [-0.05, 0) is 66.6 Å². The normalized spacial score (nSPS) is 11.0. The van der Waals surface area contributed by atoms with E-state index in [1.165, 1.54) is 12.1 Å². The Labute approximate surface area is 185 Å². The molecule has 0 bridgehead atoms. The summed E-state index contributed by atoms with van der Waals surface area (Å²) in [4.78, 5) is 4.92. The molecule has 5 rings (SSSR count). The molecular formula is C26H20FN5. The summed E-state index contributed by atoms with van der Waals surface area (Å²) in [7, 11) is 0. The molecule has 0 saturated carbocycles. The summed E-state index contributed by atoms with van der Waals surface area (Å²) >= 11 is 0. The molecule has 32 heavy (non-hydrogen) atoms. The Morgan fingerprint density at radius 1 is 0.969 bits per heavy atom. The van der Waals surface area contributed by atoms with Crippen LogP contribution in [0.25, 0.3) is 27.8 Å². The maximum absolute atomic E-state index is 13.7. The van der Waals surface area contributed by atoms with E-state index in [0.717, 1.165) is 40.2 Å². The van der Waals surface area contributed by atoms with Crippen molar-refractivity contribution in [3.8, 4) is 22.9 Å². The molecule has 0 unspecified atom stereocenters. The smallest absolute Gasteiger partial charge is 0.125 e. The van der Waals surface area contributed by atoms with E-state index < -0.39 is 0 Å². The van der Waals surface area contributed by atoms with E-state index in [-0.39, 0.29) is 5.82 Å². The summed E-state index contributed by atoms with van der Waals surface area (Å²) in [5, 5.41) is 13.6. The van der Waals surface area contributed by atoms with Crippen LogP contribution in [-0.2, 0) is 13.0 Å². The second-order valence-electron chi connectivity index (χ2n) is 7.56. The van der Waals surface area contributed by atoms with Crippen LogP contribution in [0, 0.1) is 17.1 Å². The van der Waals surface area contributed by atoms with Crippen LogP contribution in [0.1, 0.15) is 24.0 Å². The molecule has 5 aromatic rings. The lowest BCUT2D eigenvalue weighted by atomic mass is 10.0. The van der Waals surface area contributed by atoms with Gasteiger partial charge in [-0.15, -0.1) is 0 Å². The maximum Gasteiger partial charge on any atom is 0.125 e. The number of halogens is 1. The highest BCUT2D eigenvalue weighted by Gasteiger charge is 2.14. The van der Waals surface area contributed by atoms with Gasteiger partial charge in [-0.25, -0.2) is 14.1 Å². The monoisotopic (exact) mass is 421 g/mol. The fraction of sp³-hybridized carbons (Fsp3) is 0.115. The van der Waals surface area contributed by atoms with Crippen molar-refractivity contribution in [1.82, 2.24) is 19.3 Å². The molecule has 0 N–H and O–H groups in total. The lowest BCUT2D eigenvalue weighted by Crippen LogP contribution is -2.07. The molecule has 0 aliphatic heterocycles. The van der Waals surface area contributed by atoms with Gasteiger partial charge in [-0.3, -0.25) is 0 Å². The van der Waals surface area contributed by atoms with Crippen molar-refractivity contribution in [2.75, 3.05) is 0 Å². The number of aromatic nitrogens is 4. The Balaban J connectivity index is 1.54. The van der Waals surface area contributed by atoms with Gasteiger partial charge < -0.3 is 4.57 Å². The second kappa shape index (κ2) is 8.12. The summed E-state index contributed by atoms with van der Waals surface area (Å²) in [6, 6.07) is 24.3. The van der Waals surface area contributed by atoms with E-state index in [4.69, 9.17) is 4.98 Å². The van der Waals surface area contributed by atoms with Gasteiger partial charge in [0.15, 0.2) is 0 Å². The number of nitriles is 1. The molecule has 2 heterocycles. The van der Waals surface area contributed by atoms with Gasteiger partial charge in [0.25, 0.3) is 0 Å². The Morgan fingerprint density at radius 3 is 2.62 bits per heavy atom. The van der Waals surface area contributed by atoms with Gasteiger partial charge in [0.1, 0.15) is 11.6 Å². The zero-order chi connectivity index (χ0) is 22.1. The lowest BCUT2D eigenvalue weighted by Gasteiger charge is -2.09.